The van der Waals surface area contributed by atoms with Crippen LogP contribution in [0.1, 0.15) is 35.8 Å². The molecule has 0 aromatic heterocycles. The molecule has 0 saturated heterocycles. The van der Waals surface area contributed by atoms with E-state index < -0.39 is 10.0 Å². The van der Waals surface area contributed by atoms with Gasteiger partial charge in [-0.1, -0.05) is 32.0 Å². The van der Waals surface area contributed by atoms with Gasteiger partial charge in [0.15, 0.2) is 0 Å². The summed E-state index contributed by atoms with van der Waals surface area (Å²) in [4.78, 5) is 15.1. The van der Waals surface area contributed by atoms with Crippen LogP contribution in [0.4, 0.5) is 0 Å². The van der Waals surface area contributed by atoms with Crippen molar-refractivity contribution in [2.45, 2.75) is 24.8 Å². The van der Waals surface area contributed by atoms with Crippen molar-refractivity contribution in [3.63, 3.8) is 0 Å². The average molecular weight is 434 g/mol. The first kappa shape index (κ1) is 23.9. The number of ether oxygens (including phenoxy) is 1. The summed E-state index contributed by atoms with van der Waals surface area (Å²) in [6, 6.07) is 13.9. The Morgan fingerprint density at radius 2 is 1.73 bits per heavy atom. The lowest BCUT2D eigenvalue weighted by Crippen LogP contribution is -2.38. The van der Waals surface area contributed by atoms with Gasteiger partial charge in [0.2, 0.25) is 10.0 Å². The molecule has 0 bridgehead atoms. The number of amides is 1. The molecule has 0 spiro atoms. The maximum Gasteiger partial charge on any atom is 0.251 e. The van der Waals surface area contributed by atoms with E-state index in [1.54, 1.807) is 19.2 Å². The Balaban J connectivity index is 2.24. The minimum atomic E-state index is -3.61. The zero-order chi connectivity index (χ0) is 22.3. The largest absolute Gasteiger partial charge is 0.497 e. The van der Waals surface area contributed by atoms with Crippen molar-refractivity contribution in [2.75, 3.05) is 40.8 Å². The van der Waals surface area contributed by atoms with Crippen LogP contribution in [-0.4, -0.2) is 64.4 Å². The number of carbonyl (C=O) groups excluding carboxylic acids is 1. The Labute approximate surface area is 179 Å². The Bertz CT molecular complexity index is 956. The molecule has 0 saturated carbocycles. The summed E-state index contributed by atoms with van der Waals surface area (Å²) >= 11 is 0. The van der Waals surface area contributed by atoms with Crippen LogP contribution in [0.3, 0.4) is 0 Å². The second kappa shape index (κ2) is 10.6. The molecule has 0 aliphatic carbocycles. The van der Waals surface area contributed by atoms with E-state index in [4.69, 9.17) is 4.74 Å². The van der Waals surface area contributed by atoms with E-state index in [0.29, 0.717) is 12.1 Å². The lowest BCUT2D eigenvalue weighted by Gasteiger charge is -2.30. The highest BCUT2D eigenvalue weighted by Gasteiger charge is 2.21. The number of methoxy groups -OCH3 is 1. The molecule has 2 rings (SSSR count). The number of likely N-dealkylation sites (N-methyl/N-ethyl adjacent to an activating group) is 1. The highest BCUT2D eigenvalue weighted by molar-refractivity contribution is 7.89. The smallest absolute Gasteiger partial charge is 0.251 e. The number of nitrogens with one attached hydrogen (secondary N) is 1. The second-order valence-corrected chi connectivity index (χ2v) is 9.19. The van der Waals surface area contributed by atoms with Gasteiger partial charge in [0.1, 0.15) is 5.75 Å². The van der Waals surface area contributed by atoms with Crippen LogP contribution in [0.2, 0.25) is 0 Å². The van der Waals surface area contributed by atoms with Gasteiger partial charge in [-0.25, -0.2) is 12.7 Å². The first-order valence-corrected chi connectivity index (χ1v) is 11.4. The Morgan fingerprint density at radius 3 is 2.33 bits per heavy atom. The van der Waals surface area contributed by atoms with E-state index in [0.717, 1.165) is 28.7 Å². The van der Waals surface area contributed by atoms with Gasteiger partial charge in [-0.2, -0.15) is 0 Å². The summed E-state index contributed by atoms with van der Waals surface area (Å²) in [6.45, 7) is 6.19. The number of carbonyl (C=O) groups is 1. The van der Waals surface area contributed by atoms with Gasteiger partial charge in [-0.05, 0) is 49.0 Å². The summed E-state index contributed by atoms with van der Waals surface area (Å²) in [6.07, 6.45) is 0. The topological polar surface area (TPSA) is 79.0 Å². The van der Waals surface area contributed by atoms with Gasteiger partial charge < -0.3 is 10.1 Å². The summed E-state index contributed by atoms with van der Waals surface area (Å²) in [5.41, 5.74) is 1.35. The fourth-order valence-corrected chi connectivity index (χ4v) is 4.22. The van der Waals surface area contributed by atoms with Crippen molar-refractivity contribution in [1.82, 2.24) is 14.5 Å². The number of rotatable bonds is 10. The predicted octanol–water partition coefficient (Wildman–Crippen LogP) is 2.76. The maximum atomic E-state index is 12.8. The molecule has 0 radical (unpaired) electrons. The monoisotopic (exact) mass is 433 g/mol. The van der Waals surface area contributed by atoms with Crippen molar-refractivity contribution in [3.8, 4) is 5.75 Å². The fourth-order valence-electron chi connectivity index (χ4n) is 3.27. The molecule has 2 aromatic carbocycles. The molecule has 30 heavy (non-hydrogen) atoms. The fraction of sp³-hybridized carbons (Fsp3) is 0.409. The van der Waals surface area contributed by atoms with Crippen molar-refractivity contribution in [3.05, 3.63) is 59.7 Å². The minimum Gasteiger partial charge on any atom is -0.497 e. The molecule has 1 amide bonds. The Kier molecular flexibility index (Phi) is 8.40. The highest BCUT2D eigenvalue weighted by Crippen LogP contribution is 2.24. The van der Waals surface area contributed by atoms with E-state index in [1.807, 2.05) is 24.3 Å². The number of nitrogens with zero attached hydrogens (tertiary/aromatic N) is 2. The molecule has 2 aromatic rings. The third kappa shape index (κ3) is 5.59. The average Bonchev–Trinajstić information content (AvgIpc) is 2.76. The summed E-state index contributed by atoms with van der Waals surface area (Å²) in [5.74, 6) is 0.448. The molecular weight excluding hydrogens is 402 g/mol. The standard InChI is InChI=1S/C22H31N3O4S/c1-6-25(7-2)21(17-10-8-12-19(14-17)29-5)16-23-22(26)18-11-9-13-20(15-18)30(27,28)24(3)4/h8-15,21H,6-7,16H2,1-5H3,(H,23,26). The molecule has 1 N–H and O–H groups in total. The lowest BCUT2D eigenvalue weighted by atomic mass is 10.0. The van der Waals surface area contributed by atoms with Crippen LogP contribution >= 0.6 is 0 Å². The molecule has 1 unspecified atom stereocenters. The molecule has 0 aliphatic heterocycles. The van der Waals surface area contributed by atoms with E-state index in [1.165, 1.54) is 26.2 Å². The van der Waals surface area contributed by atoms with Gasteiger partial charge >= 0.3 is 0 Å². The van der Waals surface area contributed by atoms with Crippen LogP contribution in [-0.2, 0) is 10.0 Å². The van der Waals surface area contributed by atoms with Crippen molar-refractivity contribution in [2.24, 2.45) is 0 Å². The molecule has 1 atom stereocenters. The summed E-state index contributed by atoms with van der Waals surface area (Å²) in [7, 11) is 0.948. The van der Waals surface area contributed by atoms with Gasteiger partial charge in [0, 0.05) is 26.2 Å². The highest BCUT2D eigenvalue weighted by atomic mass is 32.2. The quantitative estimate of drug-likeness (QED) is 0.623. The van der Waals surface area contributed by atoms with Crippen molar-refractivity contribution >= 4 is 15.9 Å². The molecule has 7 nitrogen and oxygen atoms in total. The summed E-state index contributed by atoms with van der Waals surface area (Å²) in [5, 5.41) is 2.96. The molecule has 164 valence electrons. The molecule has 0 aliphatic rings. The van der Waals surface area contributed by atoms with Crippen LogP contribution in [0.15, 0.2) is 53.4 Å². The minimum absolute atomic E-state index is 0.0345. The zero-order valence-electron chi connectivity index (χ0n) is 18.3. The number of hydrogen-bond acceptors (Lipinski definition) is 5. The molecule has 8 heteroatoms. The maximum absolute atomic E-state index is 12.8. The first-order chi connectivity index (χ1) is 14.2. The normalized spacial score (nSPS) is 12.8. The van der Waals surface area contributed by atoms with Crippen LogP contribution in [0, 0.1) is 0 Å². The van der Waals surface area contributed by atoms with Crippen molar-refractivity contribution in [1.29, 1.82) is 0 Å². The van der Waals surface area contributed by atoms with E-state index in [2.05, 4.69) is 24.1 Å². The summed E-state index contributed by atoms with van der Waals surface area (Å²) < 4.78 is 31.2. The second-order valence-electron chi connectivity index (χ2n) is 7.04. The van der Waals surface area contributed by atoms with Crippen LogP contribution in [0.5, 0.6) is 5.75 Å². The molecule has 0 heterocycles. The predicted molar refractivity (Wildman–Crippen MR) is 118 cm³/mol. The SMILES string of the molecule is CCN(CC)C(CNC(=O)c1cccc(S(=O)(=O)N(C)C)c1)c1cccc(OC)c1. The van der Waals surface area contributed by atoms with E-state index in [9.17, 15) is 13.2 Å². The number of sulfonamides is 1. The third-order valence-corrected chi connectivity index (χ3v) is 6.87. The molecule has 0 fully saturated rings. The Morgan fingerprint density at radius 1 is 1.07 bits per heavy atom. The zero-order valence-corrected chi connectivity index (χ0v) is 19.1. The third-order valence-electron chi connectivity index (χ3n) is 5.06. The van der Waals surface area contributed by atoms with E-state index in [-0.39, 0.29) is 16.8 Å². The van der Waals surface area contributed by atoms with Gasteiger partial charge in [-0.15, -0.1) is 0 Å². The lowest BCUT2D eigenvalue weighted by molar-refractivity contribution is 0.0934. The van der Waals surface area contributed by atoms with Crippen LogP contribution < -0.4 is 10.1 Å². The van der Waals surface area contributed by atoms with Gasteiger partial charge in [-0.3, -0.25) is 9.69 Å². The number of benzene rings is 2. The Hall–Kier alpha value is -2.42. The molecular formula is C22H31N3O4S. The first-order valence-electron chi connectivity index (χ1n) is 9.93. The van der Waals surface area contributed by atoms with Crippen molar-refractivity contribution < 1.29 is 17.9 Å². The van der Waals surface area contributed by atoms with Gasteiger partial charge in [0.25, 0.3) is 5.91 Å². The van der Waals surface area contributed by atoms with Gasteiger partial charge in [0.05, 0.1) is 18.0 Å². The van der Waals surface area contributed by atoms with E-state index >= 15 is 0 Å². The van der Waals surface area contributed by atoms with Crippen LogP contribution in [0.25, 0.3) is 0 Å². The number of hydrogen-bond donors (Lipinski definition) is 1.